The van der Waals surface area contributed by atoms with Crippen LogP contribution in [-0.4, -0.2) is 12.6 Å². The van der Waals surface area contributed by atoms with Crippen molar-refractivity contribution in [3.63, 3.8) is 0 Å². The maximum absolute atomic E-state index is 5.85. The minimum Gasteiger partial charge on any atom is -0.493 e. The first-order chi connectivity index (χ1) is 9.90. The van der Waals surface area contributed by atoms with E-state index in [4.69, 9.17) is 4.74 Å². The standard InChI is InChI=1S/C18H21NO/c1-2-5-15(6-3-1)11-12-20-18-8-4-7-16(13-18)14-19-17-9-10-17/h1-8,13,17,19H,9-12,14H2. The van der Waals surface area contributed by atoms with Crippen LogP contribution in [0.1, 0.15) is 24.0 Å². The van der Waals surface area contributed by atoms with Crippen molar-refractivity contribution in [3.8, 4) is 5.75 Å². The second-order valence-electron chi connectivity index (χ2n) is 5.39. The van der Waals surface area contributed by atoms with Gasteiger partial charge in [0.2, 0.25) is 0 Å². The zero-order valence-electron chi connectivity index (χ0n) is 11.7. The van der Waals surface area contributed by atoms with E-state index < -0.39 is 0 Å². The molecule has 0 heterocycles. The fraction of sp³-hybridized carbons (Fsp3) is 0.333. The monoisotopic (exact) mass is 267 g/mol. The van der Waals surface area contributed by atoms with Gasteiger partial charge in [-0.05, 0) is 36.1 Å². The van der Waals surface area contributed by atoms with Crippen LogP contribution in [0.4, 0.5) is 0 Å². The summed E-state index contributed by atoms with van der Waals surface area (Å²) in [5.41, 5.74) is 2.62. The molecule has 2 aromatic rings. The molecule has 1 aliphatic rings. The Morgan fingerprint density at radius 1 is 0.950 bits per heavy atom. The van der Waals surface area contributed by atoms with Gasteiger partial charge < -0.3 is 10.1 Å². The van der Waals surface area contributed by atoms with Crippen LogP contribution in [0.2, 0.25) is 0 Å². The number of ether oxygens (including phenoxy) is 1. The van der Waals surface area contributed by atoms with E-state index in [0.717, 1.165) is 31.4 Å². The van der Waals surface area contributed by atoms with Crippen molar-refractivity contribution in [2.75, 3.05) is 6.61 Å². The highest BCUT2D eigenvalue weighted by molar-refractivity contribution is 5.28. The number of rotatable bonds is 7. The molecule has 1 N–H and O–H groups in total. The Morgan fingerprint density at radius 3 is 2.55 bits per heavy atom. The maximum Gasteiger partial charge on any atom is 0.119 e. The van der Waals surface area contributed by atoms with Gasteiger partial charge in [0.15, 0.2) is 0 Å². The van der Waals surface area contributed by atoms with Gasteiger partial charge in [-0.15, -0.1) is 0 Å². The summed E-state index contributed by atoms with van der Waals surface area (Å²) < 4.78 is 5.85. The third kappa shape index (κ3) is 4.10. The second kappa shape index (κ2) is 6.58. The minimum atomic E-state index is 0.726. The summed E-state index contributed by atoms with van der Waals surface area (Å²) in [6.07, 6.45) is 3.60. The van der Waals surface area contributed by atoms with E-state index in [1.54, 1.807) is 0 Å². The molecule has 0 bridgehead atoms. The molecule has 0 aromatic heterocycles. The zero-order valence-corrected chi connectivity index (χ0v) is 11.7. The van der Waals surface area contributed by atoms with Crippen LogP contribution >= 0.6 is 0 Å². The van der Waals surface area contributed by atoms with Crippen molar-refractivity contribution in [3.05, 3.63) is 65.7 Å². The third-order valence-electron chi connectivity index (χ3n) is 3.57. The highest BCUT2D eigenvalue weighted by Crippen LogP contribution is 2.20. The Morgan fingerprint density at radius 2 is 1.75 bits per heavy atom. The summed E-state index contributed by atoms with van der Waals surface area (Å²) in [7, 11) is 0. The van der Waals surface area contributed by atoms with Gasteiger partial charge in [0.05, 0.1) is 6.61 Å². The van der Waals surface area contributed by atoms with E-state index in [-0.39, 0.29) is 0 Å². The lowest BCUT2D eigenvalue weighted by molar-refractivity contribution is 0.321. The molecule has 0 unspecified atom stereocenters. The quantitative estimate of drug-likeness (QED) is 0.828. The molecule has 1 aliphatic carbocycles. The zero-order chi connectivity index (χ0) is 13.6. The van der Waals surface area contributed by atoms with Crippen LogP contribution in [0.5, 0.6) is 5.75 Å². The summed E-state index contributed by atoms with van der Waals surface area (Å²) in [6, 6.07) is 19.6. The van der Waals surface area contributed by atoms with Crippen LogP contribution < -0.4 is 10.1 Å². The van der Waals surface area contributed by atoms with Crippen LogP contribution in [0.25, 0.3) is 0 Å². The summed E-state index contributed by atoms with van der Waals surface area (Å²) in [5, 5.41) is 3.53. The van der Waals surface area contributed by atoms with Crippen molar-refractivity contribution in [1.82, 2.24) is 5.32 Å². The predicted molar refractivity (Wildman–Crippen MR) is 81.9 cm³/mol. The van der Waals surface area contributed by atoms with E-state index in [1.807, 2.05) is 12.1 Å². The SMILES string of the molecule is c1ccc(CCOc2cccc(CNC3CC3)c2)cc1. The second-order valence-corrected chi connectivity index (χ2v) is 5.39. The number of hydrogen-bond donors (Lipinski definition) is 1. The molecular weight excluding hydrogens is 246 g/mol. The van der Waals surface area contributed by atoms with E-state index in [9.17, 15) is 0 Å². The Balaban J connectivity index is 1.47. The summed E-state index contributed by atoms with van der Waals surface area (Å²) in [4.78, 5) is 0. The van der Waals surface area contributed by atoms with E-state index >= 15 is 0 Å². The largest absolute Gasteiger partial charge is 0.493 e. The number of hydrogen-bond acceptors (Lipinski definition) is 2. The predicted octanol–water partition coefficient (Wildman–Crippen LogP) is 3.56. The lowest BCUT2D eigenvalue weighted by Gasteiger charge is -2.09. The summed E-state index contributed by atoms with van der Waals surface area (Å²) >= 11 is 0. The molecule has 2 heteroatoms. The van der Waals surface area contributed by atoms with E-state index in [0.29, 0.717) is 0 Å². The first kappa shape index (κ1) is 13.2. The summed E-state index contributed by atoms with van der Waals surface area (Å²) in [5.74, 6) is 0.969. The normalized spacial score (nSPS) is 14.2. The Bertz CT molecular complexity index is 534. The van der Waals surface area contributed by atoms with Crippen LogP contribution in [-0.2, 0) is 13.0 Å². The highest BCUT2D eigenvalue weighted by Gasteiger charge is 2.19. The van der Waals surface area contributed by atoms with E-state index in [1.165, 1.54) is 24.0 Å². The molecule has 2 nitrogen and oxygen atoms in total. The molecule has 0 atom stereocenters. The van der Waals surface area contributed by atoms with E-state index in [2.05, 4.69) is 47.8 Å². The first-order valence-corrected chi connectivity index (χ1v) is 7.39. The molecule has 1 fully saturated rings. The van der Waals surface area contributed by atoms with Gasteiger partial charge in [-0.2, -0.15) is 0 Å². The van der Waals surface area contributed by atoms with Crippen molar-refractivity contribution >= 4 is 0 Å². The van der Waals surface area contributed by atoms with Crippen molar-refractivity contribution in [2.45, 2.75) is 31.8 Å². The lowest BCUT2D eigenvalue weighted by Crippen LogP contribution is -2.15. The topological polar surface area (TPSA) is 21.3 Å². The van der Waals surface area contributed by atoms with Gasteiger partial charge in [0, 0.05) is 19.0 Å². The lowest BCUT2D eigenvalue weighted by atomic mass is 10.2. The molecule has 2 aromatic carbocycles. The maximum atomic E-state index is 5.85. The van der Waals surface area contributed by atoms with Crippen LogP contribution in [0.15, 0.2) is 54.6 Å². The van der Waals surface area contributed by atoms with Crippen molar-refractivity contribution < 1.29 is 4.74 Å². The van der Waals surface area contributed by atoms with Crippen molar-refractivity contribution in [1.29, 1.82) is 0 Å². The average Bonchev–Trinajstić information content (AvgIpc) is 3.31. The van der Waals surface area contributed by atoms with Crippen LogP contribution in [0.3, 0.4) is 0 Å². The number of benzene rings is 2. The Kier molecular flexibility index (Phi) is 4.34. The Hall–Kier alpha value is -1.80. The Labute approximate surface area is 120 Å². The molecule has 0 aliphatic heterocycles. The highest BCUT2D eigenvalue weighted by atomic mass is 16.5. The number of nitrogens with one attached hydrogen (secondary N) is 1. The molecule has 20 heavy (non-hydrogen) atoms. The van der Waals surface area contributed by atoms with Gasteiger partial charge in [-0.1, -0.05) is 42.5 Å². The molecule has 0 amide bonds. The first-order valence-electron chi connectivity index (χ1n) is 7.39. The smallest absolute Gasteiger partial charge is 0.119 e. The van der Waals surface area contributed by atoms with Crippen molar-refractivity contribution in [2.24, 2.45) is 0 Å². The van der Waals surface area contributed by atoms with Gasteiger partial charge in [0.25, 0.3) is 0 Å². The van der Waals surface area contributed by atoms with Gasteiger partial charge >= 0.3 is 0 Å². The third-order valence-corrected chi connectivity index (χ3v) is 3.57. The molecular formula is C18H21NO. The molecule has 0 spiro atoms. The molecule has 104 valence electrons. The molecule has 1 saturated carbocycles. The van der Waals surface area contributed by atoms with Gasteiger partial charge in [-0.3, -0.25) is 0 Å². The fourth-order valence-corrected chi connectivity index (χ4v) is 2.23. The molecule has 3 rings (SSSR count). The average molecular weight is 267 g/mol. The molecule has 0 radical (unpaired) electrons. The summed E-state index contributed by atoms with van der Waals surface area (Å²) in [6.45, 7) is 1.67. The minimum absolute atomic E-state index is 0.726. The van der Waals surface area contributed by atoms with Crippen LogP contribution in [0, 0.1) is 0 Å². The fourth-order valence-electron chi connectivity index (χ4n) is 2.23. The van der Waals surface area contributed by atoms with Gasteiger partial charge in [0.1, 0.15) is 5.75 Å². The van der Waals surface area contributed by atoms with Gasteiger partial charge in [-0.25, -0.2) is 0 Å². The molecule has 0 saturated heterocycles.